The van der Waals surface area contributed by atoms with Crippen molar-refractivity contribution in [2.24, 2.45) is 5.73 Å². The van der Waals surface area contributed by atoms with Crippen molar-refractivity contribution in [1.29, 1.82) is 0 Å². The van der Waals surface area contributed by atoms with Gasteiger partial charge < -0.3 is 47.2 Å². The SMILES string of the molecule is NC(CCC(=O)O)C(=O)NC(CO)C(=O)NC(CC(=O)O)C(=O)NC(Cc1ccc(O)cc1)C(=O)O. The van der Waals surface area contributed by atoms with Crippen LogP contribution in [0.25, 0.3) is 0 Å². The molecule has 0 bridgehead atoms. The number of carboxylic acids is 3. The third-order valence-electron chi connectivity index (χ3n) is 4.82. The zero-order chi connectivity index (χ0) is 27.4. The van der Waals surface area contributed by atoms with Crippen LogP contribution in [-0.4, -0.2) is 91.9 Å². The van der Waals surface area contributed by atoms with Gasteiger partial charge in [-0.1, -0.05) is 12.1 Å². The molecule has 0 saturated carbocycles. The third-order valence-corrected chi connectivity index (χ3v) is 4.82. The number of carbonyl (C=O) groups excluding carboxylic acids is 3. The van der Waals surface area contributed by atoms with Crippen LogP contribution in [0.3, 0.4) is 0 Å². The van der Waals surface area contributed by atoms with Crippen LogP contribution in [0.15, 0.2) is 24.3 Å². The highest BCUT2D eigenvalue weighted by Crippen LogP contribution is 2.12. The third kappa shape index (κ3) is 10.4. The molecule has 36 heavy (non-hydrogen) atoms. The van der Waals surface area contributed by atoms with Crippen LogP contribution in [0, 0.1) is 0 Å². The number of carboxylic acid groups (broad SMARTS) is 3. The van der Waals surface area contributed by atoms with Gasteiger partial charge in [0.15, 0.2) is 0 Å². The van der Waals surface area contributed by atoms with E-state index in [0.717, 1.165) is 0 Å². The lowest BCUT2D eigenvalue weighted by atomic mass is 10.0. The summed E-state index contributed by atoms with van der Waals surface area (Å²) in [5.74, 6) is -7.52. The number of phenols is 1. The molecule has 0 aliphatic heterocycles. The van der Waals surface area contributed by atoms with Crippen molar-refractivity contribution in [3.05, 3.63) is 29.8 Å². The number of aliphatic hydroxyl groups is 1. The monoisotopic (exact) mass is 512 g/mol. The van der Waals surface area contributed by atoms with Crippen LogP contribution in [0.2, 0.25) is 0 Å². The van der Waals surface area contributed by atoms with E-state index in [1.807, 2.05) is 5.32 Å². The minimum atomic E-state index is -1.77. The summed E-state index contributed by atoms with van der Waals surface area (Å²) in [6.07, 6.45) is -1.87. The maximum absolute atomic E-state index is 12.6. The number of carbonyl (C=O) groups is 6. The van der Waals surface area contributed by atoms with Crippen LogP contribution in [0.5, 0.6) is 5.75 Å². The second-order valence-corrected chi connectivity index (χ2v) is 7.71. The van der Waals surface area contributed by atoms with Gasteiger partial charge in [-0.2, -0.15) is 0 Å². The first-order valence-electron chi connectivity index (χ1n) is 10.6. The van der Waals surface area contributed by atoms with Gasteiger partial charge in [0.05, 0.1) is 19.1 Å². The van der Waals surface area contributed by atoms with Crippen molar-refractivity contribution < 1.29 is 54.3 Å². The lowest BCUT2D eigenvalue weighted by Crippen LogP contribution is -2.58. The predicted molar refractivity (Wildman–Crippen MR) is 119 cm³/mol. The van der Waals surface area contributed by atoms with Gasteiger partial charge in [-0.3, -0.25) is 24.0 Å². The second kappa shape index (κ2) is 14.2. The van der Waals surface area contributed by atoms with E-state index in [1.54, 1.807) is 0 Å². The summed E-state index contributed by atoms with van der Waals surface area (Å²) in [7, 11) is 0. The molecular formula is C21H28N4O11. The molecule has 1 aromatic rings. The van der Waals surface area contributed by atoms with Crippen LogP contribution >= 0.6 is 0 Å². The molecule has 0 aliphatic rings. The first kappa shape index (κ1) is 29.8. The molecule has 10 N–H and O–H groups in total. The number of hydrogen-bond donors (Lipinski definition) is 9. The maximum atomic E-state index is 12.6. The van der Waals surface area contributed by atoms with Crippen molar-refractivity contribution in [2.45, 2.75) is 49.9 Å². The molecule has 0 aromatic heterocycles. The zero-order valence-electron chi connectivity index (χ0n) is 18.9. The Morgan fingerprint density at radius 1 is 0.778 bits per heavy atom. The Balaban J connectivity index is 2.90. The van der Waals surface area contributed by atoms with Crippen LogP contribution in [-0.2, 0) is 35.2 Å². The predicted octanol–water partition coefficient (Wildman–Crippen LogP) is -2.87. The Labute approximate surface area is 204 Å². The molecule has 198 valence electrons. The van der Waals surface area contributed by atoms with E-state index in [1.165, 1.54) is 24.3 Å². The van der Waals surface area contributed by atoms with E-state index in [0.29, 0.717) is 5.56 Å². The van der Waals surface area contributed by atoms with Gasteiger partial charge in [-0.15, -0.1) is 0 Å². The lowest BCUT2D eigenvalue weighted by Gasteiger charge is -2.23. The van der Waals surface area contributed by atoms with Crippen molar-refractivity contribution in [3.63, 3.8) is 0 Å². The van der Waals surface area contributed by atoms with E-state index >= 15 is 0 Å². The van der Waals surface area contributed by atoms with Gasteiger partial charge in [0.1, 0.15) is 23.9 Å². The van der Waals surface area contributed by atoms with E-state index in [4.69, 9.17) is 15.9 Å². The number of phenolic OH excluding ortho intramolecular Hbond substituents is 1. The molecule has 0 aliphatic carbocycles. The Bertz CT molecular complexity index is 967. The summed E-state index contributed by atoms with van der Waals surface area (Å²) < 4.78 is 0. The zero-order valence-corrected chi connectivity index (χ0v) is 18.9. The molecule has 1 rings (SSSR count). The Morgan fingerprint density at radius 2 is 1.31 bits per heavy atom. The number of nitrogens with two attached hydrogens (primary N) is 1. The molecule has 0 fully saturated rings. The quantitative estimate of drug-likeness (QED) is 0.115. The van der Waals surface area contributed by atoms with Crippen LogP contribution in [0.1, 0.15) is 24.8 Å². The molecule has 15 nitrogen and oxygen atoms in total. The molecular weight excluding hydrogens is 484 g/mol. The molecule has 1 aromatic carbocycles. The van der Waals surface area contributed by atoms with E-state index < -0.39 is 79.2 Å². The normalized spacial score (nSPS) is 13.9. The molecule has 0 spiro atoms. The average molecular weight is 512 g/mol. The Morgan fingerprint density at radius 3 is 1.81 bits per heavy atom. The first-order chi connectivity index (χ1) is 16.8. The van der Waals surface area contributed by atoms with E-state index in [9.17, 15) is 44.1 Å². The lowest BCUT2D eigenvalue weighted by molar-refractivity contribution is -0.144. The fourth-order valence-corrected chi connectivity index (χ4v) is 2.88. The summed E-state index contributed by atoms with van der Waals surface area (Å²) in [6.45, 7) is -0.969. The van der Waals surface area contributed by atoms with Gasteiger partial charge in [-0.25, -0.2) is 4.79 Å². The number of rotatable bonds is 15. The molecule has 0 heterocycles. The maximum Gasteiger partial charge on any atom is 0.326 e. The van der Waals surface area contributed by atoms with Gasteiger partial charge in [0.25, 0.3) is 0 Å². The summed E-state index contributed by atoms with van der Waals surface area (Å²) in [4.78, 5) is 70.6. The molecule has 3 amide bonds. The number of benzene rings is 1. The minimum absolute atomic E-state index is 0.0627. The van der Waals surface area contributed by atoms with Gasteiger partial charge in [0.2, 0.25) is 17.7 Å². The number of amides is 3. The van der Waals surface area contributed by atoms with Crippen LogP contribution < -0.4 is 21.7 Å². The van der Waals surface area contributed by atoms with E-state index in [-0.39, 0.29) is 18.6 Å². The van der Waals surface area contributed by atoms with Gasteiger partial charge in [0, 0.05) is 12.8 Å². The molecule has 15 heteroatoms. The molecule has 4 atom stereocenters. The van der Waals surface area contributed by atoms with Crippen molar-refractivity contribution in [2.75, 3.05) is 6.61 Å². The van der Waals surface area contributed by atoms with Gasteiger partial charge in [-0.05, 0) is 24.1 Å². The summed E-state index contributed by atoms with van der Waals surface area (Å²) in [6, 6.07) is -0.824. The number of aliphatic carboxylic acids is 3. The number of hydrogen-bond acceptors (Lipinski definition) is 9. The Hall–Kier alpha value is -4.24. The minimum Gasteiger partial charge on any atom is -0.508 e. The van der Waals surface area contributed by atoms with Gasteiger partial charge >= 0.3 is 17.9 Å². The number of aliphatic hydroxyl groups excluding tert-OH is 1. The highest BCUT2D eigenvalue weighted by Gasteiger charge is 2.31. The molecule has 0 saturated heterocycles. The molecule has 0 radical (unpaired) electrons. The van der Waals surface area contributed by atoms with Crippen molar-refractivity contribution >= 4 is 35.6 Å². The van der Waals surface area contributed by atoms with E-state index in [2.05, 4.69) is 10.6 Å². The first-order valence-corrected chi connectivity index (χ1v) is 10.6. The highest BCUT2D eigenvalue weighted by atomic mass is 16.4. The highest BCUT2D eigenvalue weighted by molar-refractivity contribution is 5.95. The van der Waals surface area contributed by atoms with Crippen molar-refractivity contribution in [3.8, 4) is 5.75 Å². The second-order valence-electron chi connectivity index (χ2n) is 7.71. The summed E-state index contributed by atoms with van der Waals surface area (Å²) >= 11 is 0. The average Bonchev–Trinajstić information content (AvgIpc) is 2.80. The summed E-state index contributed by atoms with van der Waals surface area (Å²) in [5, 5.41) is 52.2. The standard InChI is InChI=1S/C21H28N4O11/c22-12(5-6-16(28)29)18(32)25-15(9-26)20(34)23-13(8-17(30)31)19(33)24-14(21(35)36)7-10-1-3-11(27)4-2-10/h1-4,12-15,26-27H,5-9,22H2,(H,23,34)(H,24,33)(H,25,32)(H,28,29)(H,30,31)(H,35,36). The largest absolute Gasteiger partial charge is 0.508 e. The molecule has 4 unspecified atom stereocenters. The fraction of sp³-hybridized carbons (Fsp3) is 0.429. The van der Waals surface area contributed by atoms with Crippen molar-refractivity contribution in [1.82, 2.24) is 16.0 Å². The fourth-order valence-electron chi connectivity index (χ4n) is 2.88. The topological polar surface area (TPSA) is 266 Å². The number of nitrogens with one attached hydrogen (secondary N) is 3. The Kier molecular flexibility index (Phi) is 11.8. The summed E-state index contributed by atoms with van der Waals surface area (Å²) in [5.41, 5.74) is 5.97. The number of aromatic hydroxyl groups is 1. The smallest absolute Gasteiger partial charge is 0.326 e. The van der Waals surface area contributed by atoms with Crippen LogP contribution in [0.4, 0.5) is 0 Å².